The molecule has 0 spiro atoms. The first-order chi connectivity index (χ1) is 10.8. The first kappa shape index (κ1) is 13.5. The summed E-state index contributed by atoms with van der Waals surface area (Å²) in [5, 5.41) is 7.50. The first-order valence-corrected chi connectivity index (χ1v) is 7.95. The number of hydrogen-bond donors (Lipinski definition) is 1. The molecule has 2 aliphatic rings. The van der Waals surface area contributed by atoms with Gasteiger partial charge in [-0.3, -0.25) is 9.69 Å². The van der Waals surface area contributed by atoms with Crippen molar-refractivity contribution in [3.63, 3.8) is 0 Å². The minimum absolute atomic E-state index is 0.0719. The fourth-order valence-corrected chi connectivity index (χ4v) is 3.11. The molecule has 1 aliphatic carbocycles. The Morgan fingerprint density at radius 3 is 2.73 bits per heavy atom. The lowest BCUT2D eigenvalue weighted by Crippen LogP contribution is -2.37. The van der Waals surface area contributed by atoms with Gasteiger partial charge in [0.1, 0.15) is 0 Å². The van der Waals surface area contributed by atoms with Crippen molar-refractivity contribution in [1.82, 2.24) is 20.0 Å². The van der Waals surface area contributed by atoms with Crippen LogP contribution in [0.4, 0.5) is 0 Å². The highest BCUT2D eigenvalue weighted by Gasteiger charge is 2.34. The molecule has 1 atom stereocenters. The number of hydrogen-bond acceptors (Lipinski definition) is 3. The minimum Gasteiger partial charge on any atom is -0.347 e. The van der Waals surface area contributed by atoms with Crippen molar-refractivity contribution >= 4 is 5.91 Å². The van der Waals surface area contributed by atoms with E-state index in [2.05, 4.69) is 15.3 Å². The lowest BCUT2D eigenvalue weighted by molar-refractivity contribution is 0.0932. The van der Waals surface area contributed by atoms with Crippen LogP contribution in [-0.2, 0) is 0 Å². The molecule has 22 heavy (non-hydrogen) atoms. The molecule has 1 saturated carbocycles. The highest BCUT2D eigenvalue weighted by molar-refractivity contribution is 5.92. The highest BCUT2D eigenvalue weighted by atomic mass is 16.2. The molecule has 5 heteroatoms. The zero-order valence-corrected chi connectivity index (χ0v) is 12.5. The Balaban J connectivity index is 1.40. The summed E-state index contributed by atoms with van der Waals surface area (Å²) in [6, 6.07) is 12.6. The van der Waals surface area contributed by atoms with Crippen LogP contribution in [0, 0.1) is 0 Å². The number of carbonyl (C=O) groups is 1. The fraction of sp³-hybridized carbons (Fsp3) is 0.412. The minimum atomic E-state index is -0.0719. The molecule has 1 aliphatic heterocycles. The van der Waals surface area contributed by atoms with Crippen LogP contribution < -0.4 is 5.32 Å². The SMILES string of the molecule is O=C(N[C@H]1CCN(C2CC2)C1)c1ccn(-c2ccccc2)n1. The van der Waals surface area contributed by atoms with Gasteiger partial charge in [0, 0.05) is 31.4 Å². The third kappa shape index (κ3) is 2.76. The summed E-state index contributed by atoms with van der Waals surface area (Å²) in [5.74, 6) is -0.0719. The number of carbonyl (C=O) groups excluding carboxylic acids is 1. The maximum atomic E-state index is 12.3. The van der Waals surface area contributed by atoms with Crippen molar-refractivity contribution < 1.29 is 4.79 Å². The smallest absolute Gasteiger partial charge is 0.272 e. The Morgan fingerprint density at radius 2 is 1.95 bits per heavy atom. The van der Waals surface area contributed by atoms with Crippen LogP contribution in [0.5, 0.6) is 0 Å². The second kappa shape index (κ2) is 5.57. The molecule has 2 aromatic rings. The van der Waals surface area contributed by atoms with Gasteiger partial charge in [-0.1, -0.05) is 18.2 Å². The molecule has 2 fully saturated rings. The Kier molecular flexibility index (Phi) is 3.42. The van der Waals surface area contributed by atoms with E-state index in [0.29, 0.717) is 5.69 Å². The Morgan fingerprint density at radius 1 is 1.14 bits per heavy atom. The summed E-state index contributed by atoms with van der Waals surface area (Å²) in [4.78, 5) is 14.8. The summed E-state index contributed by atoms with van der Waals surface area (Å²) in [5.41, 5.74) is 1.44. The number of amides is 1. The van der Waals surface area contributed by atoms with Crippen LogP contribution in [0.15, 0.2) is 42.6 Å². The lowest BCUT2D eigenvalue weighted by Gasteiger charge is -2.15. The maximum absolute atomic E-state index is 12.3. The molecular formula is C17H20N4O. The van der Waals surface area contributed by atoms with Crippen molar-refractivity contribution in [3.05, 3.63) is 48.3 Å². The summed E-state index contributed by atoms with van der Waals surface area (Å²) < 4.78 is 1.74. The average Bonchev–Trinajstić information content (AvgIpc) is 3.10. The Labute approximate surface area is 129 Å². The second-order valence-electron chi connectivity index (χ2n) is 6.17. The first-order valence-electron chi connectivity index (χ1n) is 7.95. The van der Waals surface area contributed by atoms with E-state index < -0.39 is 0 Å². The van der Waals surface area contributed by atoms with Gasteiger partial charge >= 0.3 is 0 Å². The van der Waals surface area contributed by atoms with E-state index in [1.165, 1.54) is 12.8 Å². The van der Waals surface area contributed by atoms with Crippen molar-refractivity contribution in [1.29, 1.82) is 0 Å². The number of para-hydroxylation sites is 1. The third-order valence-corrected chi connectivity index (χ3v) is 4.46. The van der Waals surface area contributed by atoms with E-state index in [4.69, 9.17) is 0 Å². The van der Waals surface area contributed by atoms with Crippen LogP contribution >= 0.6 is 0 Å². The standard InChI is InChI=1S/C17H20N4O/c22-17(18-13-8-10-20(12-13)14-6-7-14)16-9-11-21(19-16)15-4-2-1-3-5-15/h1-5,9,11,13-14H,6-8,10,12H2,(H,18,22)/t13-/m0/s1. The summed E-state index contributed by atoms with van der Waals surface area (Å²) in [6.07, 6.45) is 5.52. The van der Waals surface area contributed by atoms with E-state index in [-0.39, 0.29) is 11.9 Å². The van der Waals surface area contributed by atoms with Crippen LogP contribution in [0.25, 0.3) is 5.69 Å². The van der Waals surface area contributed by atoms with Gasteiger partial charge in [0.05, 0.1) is 5.69 Å². The van der Waals surface area contributed by atoms with Gasteiger partial charge in [-0.15, -0.1) is 0 Å². The lowest BCUT2D eigenvalue weighted by atomic mass is 10.2. The van der Waals surface area contributed by atoms with Gasteiger partial charge in [-0.05, 0) is 37.5 Å². The zero-order valence-electron chi connectivity index (χ0n) is 12.5. The molecule has 1 aromatic heterocycles. The molecule has 4 rings (SSSR count). The van der Waals surface area contributed by atoms with E-state index in [9.17, 15) is 4.79 Å². The molecule has 0 bridgehead atoms. The van der Waals surface area contributed by atoms with Gasteiger partial charge in [-0.2, -0.15) is 5.10 Å². The van der Waals surface area contributed by atoms with E-state index in [1.54, 1.807) is 10.7 Å². The number of benzene rings is 1. The Bertz CT molecular complexity index is 662. The molecule has 0 unspecified atom stereocenters. The zero-order chi connectivity index (χ0) is 14.9. The Hall–Kier alpha value is -2.14. The van der Waals surface area contributed by atoms with Crippen molar-refractivity contribution in [3.8, 4) is 5.69 Å². The number of aromatic nitrogens is 2. The molecule has 1 saturated heterocycles. The molecule has 5 nitrogen and oxygen atoms in total. The topological polar surface area (TPSA) is 50.2 Å². The van der Waals surface area contributed by atoms with Gasteiger partial charge in [-0.25, -0.2) is 4.68 Å². The number of likely N-dealkylation sites (tertiary alicyclic amines) is 1. The monoisotopic (exact) mass is 296 g/mol. The van der Waals surface area contributed by atoms with Gasteiger partial charge in [0.2, 0.25) is 0 Å². The van der Waals surface area contributed by atoms with Crippen LogP contribution in [-0.4, -0.2) is 45.8 Å². The summed E-state index contributed by atoms with van der Waals surface area (Å²) in [6.45, 7) is 2.09. The highest BCUT2D eigenvalue weighted by Crippen LogP contribution is 2.29. The number of nitrogens with zero attached hydrogens (tertiary/aromatic N) is 3. The fourth-order valence-electron chi connectivity index (χ4n) is 3.11. The van der Waals surface area contributed by atoms with E-state index in [1.807, 2.05) is 36.5 Å². The van der Waals surface area contributed by atoms with Crippen LogP contribution in [0.2, 0.25) is 0 Å². The molecule has 114 valence electrons. The molecule has 1 N–H and O–H groups in total. The van der Waals surface area contributed by atoms with Crippen LogP contribution in [0.1, 0.15) is 29.8 Å². The number of nitrogens with one attached hydrogen (secondary N) is 1. The summed E-state index contributed by atoms with van der Waals surface area (Å²) >= 11 is 0. The second-order valence-corrected chi connectivity index (χ2v) is 6.17. The largest absolute Gasteiger partial charge is 0.347 e. The van der Waals surface area contributed by atoms with Crippen molar-refractivity contribution in [2.45, 2.75) is 31.3 Å². The van der Waals surface area contributed by atoms with Crippen molar-refractivity contribution in [2.24, 2.45) is 0 Å². The maximum Gasteiger partial charge on any atom is 0.272 e. The molecule has 1 aromatic carbocycles. The normalized spacial score (nSPS) is 21.9. The molecular weight excluding hydrogens is 276 g/mol. The summed E-state index contributed by atoms with van der Waals surface area (Å²) in [7, 11) is 0. The predicted octanol–water partition coefficient (Wildman–Crippen LogP) is 1.84. The predicted molar refractivity (Wildman–Crippen MR) is 84.0 cm³/mol. The van der Waals surface area contributed by atoms with Gasteiger partial charge in [0.15, 0.2) is 5.69 Å². The molecule has 0 radical (unpaired) electrons. The molecule has 1 amide bonds. The van der Waals surface area contributed by atoms with Gasteiger partial charge in [0.25, 0.3) is 5.91 Å². The third-order valence-electron chi connectivity index (χ3n) is 4.46. The van der Waals surface area contributed by atoms with E-state index >= 15 is 0 Å². The quantitative estimate of drug-likeness (QED) is 0.936. The average molecular weight is 296 g/mol. The van der Waals surface area contributed by atoms with E-state index in [0.717, 1.165) is 31.2 Å². The van der Waals surface area contributed by atoms with Gasteiger partial charge < -0.3 is 5.32 Å². The number of rotatable bonds is 4. The van der Waals surface area contributed by atoms with Crippen molar-refractivity contribution in [2.75, 3.05) is 13.1 Å². The van der Waals surface area contributed by atoms with Crippen LogP contribution in [0.3, 0.4) is 0 Å². The molecule has 2 heterocycles.